The molecule has 2 heterocycles. The number of anilines is 3. The number of nitro benzene ring substituents is 1. The molecule has 0 saturated carbocycles. The molecule has 0 aliphatic rings. The summed E-state index contributed by atoms with van der Waals surface area (Å²) in [5, 5.41) is 14.7. The van der Waals surface area contributed by atoms with E-state index in [1.165, 1.54) is 13.3 Å². The molecule has 0 saturated heterocycles. The molecule has 0 unspecified atom stereocenters. The molecule has 0 aliphatic carbocycles. The van der Waals surface area contributed by atoms with Gasteiger partial charge in [0.15, 0.2) is 0 Å². The zero-order valence-electron chi connectivity index (χ0n) is 21.4. The highest BCUT2D eigenvalue weighted by molar-refractivity contribution is 5.98. The van der Waals surface area contributed by atoms with Crippen LogP contribution in [-0.2, 0) is 6.18 Å². The van der Waals surface area contributed by atoms with Crippen LogP contribution in [-0.4, -0.2) is 66.1 Å². The van der Waals surface area contributed by atoms with Crippen LogP contribution < -0.4 is 15.0 Å². The Morgan fingerprint density at radius 2 is 1.92 bits per heavy atom. The molecule has 2 aromatic carbocycles. The fourth-order valence-electron chi connectivity index (χ4n) is 4.04. The third-order valence-electron chi connectivity index (χ3n) is 6.05. The molecule has 0 fully saturated rings. The van der Waals surface area contributed by atoms with Crippen LogP contribution in [0.15, 0.2) is 42.7 Å². The van der Waals surface area contributed by atoms with Crippen LogP contribution in [0.4, 0.5) is 40.6 Å². The van der Waals surface area contributed by atoms with E-state index in [0.717, 1.165) is 12.1 Å². The molecule has 4 aromatic rings. The SMILES string of the molecule is COc1cccc2c(-c3nc(Nc4cc([N+](=O)[O-])c(N(C)CCN(C)C)cc4F)ncc3C(F)(F)F)c[nH]c12. The van der Waals surface area contributed by atoms with Gasteiger partial charge >= 0.3 is 6.18 Å². The lowest BCUT2D eigenvalue weighted by atomic mass is 10.1. The maximum Gasteiger partial charge on any atom is 0.419 e. The first kappa shape index (κ1) is 27.6. The maximum atomic E-state index is 15.1. The molecule has 0 atom stereocenters. The van der Waals surface area contributed by atoms with Gasteiger partial charge in [0, 0.05) is 55.6 Å². The van der Waals surface area contributed by atoms with E-state index in [4.69, 9.17) is 4.74 Å². The second-order valence-corrected chi connectivity index (χ2v) is 8.97. The van der Waals surface area contributed by atoms with Crippen LogP contribution in [0.5, 0.6) is 5.75 Å². The van der Waals surface area contributed by atoms with Crippen molar-refractivity contribution in [3.05, 3.63) is 64.2 Å². The molecule has 39 heavy (non-hydrogen) atoms. The van der Waals surface area contributed by atoms with Crippen LogP contribution in [0.1, 0.15) is 5.56 Å². The van der Waals surface area contributed by atoms with Crippen molar-refractivity contribution in [1.82, 2.24) is 19.9 Å². The van der Waals surface area contributed by atoms with E-state index in [-0.39, 0.29) is 22.9 Å². The number of hydrogen-bond acceptors (Lipinski definition) is 8. The Hall–Kier alpha value is -4.46. The molecule has 14 heteroatoms. The molecule has 0 spiro atoms. The first-order chi connectivity index (χ1) is 18.4. The number of alkyl halides is 3. The van der Waals surface area contributed by atoms with Crippen molar-refractivity contribution in [1.29, 1.82) is 0 Å². The summed E-state index contributed by atoms with van der Waals surface area (Å²) in [6.07, 6.45) is -2.85. The number of rotatable bonds is 9. The van der Waals surface area contributed by atoms with Gasteiger partial charge in [-0.2, -0.15) is 13.2 Å². The van der Waals surface area contributed by atoms with Gasteiger partial charge in [-0.25, -0.2) is 14.4 Å². The van der Waals surface area contributed by atoms with Gasteiger partial charge in [0.2, 0.25) is 5.95 Å². The predicted molar refractivity (Wildman–Crippen MR) is 139 cm³/mol. The summed E-state index contributed by atoms with van der Waals surface area (Å²) in [6.45, 7) is 0.956. The smallest absolute Gasteiger partial charge is 0.419 e. The van der Waals surface area contributed by atoms with Gasteiger partial charge in [-0.05, 0) is 20.2 Å². The summed E-state index contributed by atoms with van der Waals surface area (Å²) in [6, 6.07) is 6.84. The van der Waals surface area contributed by atoms with Crippen LogP contribution in [0.25, 0.3) is 22.2 Å². The van der Waals surface area contributed by atoms with Crippen molar-refractivity contribution in [3.63, 3.8) is 0 Å². The molecule has 4 rings (SSSR count). The number of para-hydroxylation sites is 1. The number of likely N-dealkylation sites (N-methyl/N-ethyl adjacent to an activating group) is 2. The third kappa shape index (κ3) is 5.70. The second kappa shape index (κ2) is 10.7. The van der Waals surface area contributed by atoms with Crippen LogP contribution in [0, 0.1) is 15.9 Å². The summed E-state index contributed by atoms with van der Waals surface area (Å²) >= 11 is 0. The Balaban J connectivity index is 1.78. The molecule has 206 valence electrons. The lowest BCUT2D eigenvalue weighted by molar-refractivity contribution is -0.384. The van der Waals surface area contributed by atoms with E-state index in [0.29, 0.717) is 35.9 Å². The maximum absolute atomic E-state index is 15.1. The highest BCUT2D eigenvalue weighted by Gasteiger charge is 2.36. The lowest BCUT2D eigenvalue weighted by Crippen LogP contribution is -2.29. The van der Waals surface area contributed by atoms with Gasteiger partial charge in [-0.15, -0.1) is 0 Å². The molecule has 0 radical (unpaired) electrons. The van der Waals surface area contributed by atoms with E-state index < -0.39 is 33.9 Å². The molecule has 0 aliphatic heterocycles. The van der Waals surface area contributed by atoms with Crippen molar-refractivity contribution in [2.45, 2.75) is 6.18 Å². The number of nitrogens with one attached hydrogen (secondary N) is 2. The summed E-state index contributed by atoms with van der Waals surface area (Å²) in [5.41, 5.74) is -1.70. The largest absolute Gasteiger partial charge is 0.495 e. The van der Waals surface area contributed by atoms with Crippen molar-refractivity contribution < 1.29 is 27.2 Å². The van der Waals surface area contributed by atoms with Crippen LogP contribution in [0.2, 0.25) is 0 Å². The van der Waals surface area contributed by atoms with E-state index >= 15 is 4.39 Å². The number of aromatic amines is 1. The van der Waals surface area contributed by atoms with E-state index in [1.807, 2.05) is 19.0 Å². The number of H-pyrrole nitrogens is 1. The number of nitro groups is 1. The van der Waals surface area contributed by atoms with E-state index in [1.54, 1.807) is 30.1 Å². The fourth-order valence-corrected chi connectivity index (χ4v) is 4.04. The third-order valence-corrected chi connectivity index (χ3v) is 6.05. The number of halogens is 4. The van der Waals surface area contributed by atoms with E-state index in [9.17, 15) is 23.3 Å². The van der Waals surface area contributed by atoms with Crippen molar-refractivity contribution in [2.24, 2.45) is 0 Å². The summed E-state index contributed by atoms with van der Waals surface area (Å²) < 4.78 is 62.1. The van der Waals surface area contributed by atoms with Crippen molar-refractivity contribution in [3.8, 4) is 17.0 Å². The van der Waals surface area contributed by atoms with Crippen LogP contribution >= 0.6 is 0 Å². The molecule has 2 N–H and O–H groups in total. The second-order valence-electron chi connectivity index (χ2n) is 8.97. The number of fused-ring (bicyclic) bond motifs is 1. The topological polar surface area (TPSA) is 112 Å². The minimum atomic E-state index is -4.79. The Kier molecular flexibility index (Phi) is 7.58. The molecule has 0 bridgehead atoms. The molecule has 0 amide bonds. The molecule has 2 aromatic heterocycles. The number of ether oxygens (including phenoxy) is 1. The fraction of sp³-hybridized carbons (Fsp3) is 0.280. The normalized spacial score (nSPS) is 11.7. The Morgan fingerprint density at radius 1 is 1.18 bits per heavy atom. The number of nitrogens with zero attached hydrogens (tertiary/aromatic N) is 5. The van der Waals surface area contributed by atoms with Gasteiger partial charge in [0.05, 0.1) is 28.9 Å². The predicted octanol–water partition coefficient (Wildman–Crippen LogP) is 5.44. The quantitative estimate of drug-likeness (QED) is 0.162. The zero-order chi connectivity index (χ0) is 28.5. The van der Waals surface area contributed by atoms with E-state index in [2.05, 4.69) is 20.3 Å². The molecule has 10 nitrogen and oxygen atoms in total. The average Bonchev–Trinajstić information content (AvgIpc) is 3.31. The number of methoxy groups -OCH3 is 1. The number of benzene rings is 2. The lowest BCUT2D eigenvalue weighted by Gasteiger charge is -2.22. The standard InChI is InChI=1S/C25H25F4N7O3/c1-34(2)8-9-35(3)19-10-17(26)18(11-20(19)36(37)38)32-24-31-13-16(25(27,28)29)22(33-24)15-12-30-23-14(15)6-5-7-21(23)39-4/h5-7,10-13,30H,8-9H2,1-4H3,(H,31,32,33). The zero-order valence-corrected chi connectivity index (χ0v) is 21.4. The summed E-state index contributed by atoms with van der Waals surface area (Å²) in [5.74, 6) is -0.823. The Bertz CT molecular complexity index is 1520. The minimum Gasteiger partial charge on any atom is -0.495 e. The van der Waals surface area contributed by atoms with Gasteiger partial charge in [-0.3, -0.25) is 10.1 Å². The monoisotopic (exact) mass is 547 g/mol. The molecular weight excluding hydrogens is 522 g/mol. The highest BCUT2D eigenvalue weighted by atomic mass is 19.4. The first-order valence-corrected chi connectivity index (χ1v) is 11.6. The average molecular weight is 548 g/mol. The minimum absolute atomic E-state index is 0.0478. The van der Waals surface area contributed by atoms with Crippen molar-refractivity contribution in [2.75, 3.05) is 51.6 Å². The van der Waals surface area contributed by atoms with Crippen molar-refractivity contribution >= 4 is 33.9 Å². The van der Waals surface area contributed by atoms with Gasteiger partial charge in [0.1, 0.15) is 22.8 Å². The van der Waals surface area contributed by atoms with Gasteiger partial charge < -0.3 is 24.8 Å². The van der Waals surface area contributed by atoms with Gasteiger partial charge in [-0.1, -0.05) is 12.1 Å². The molecular formula is C25H25F4N7O3. The summed E-state index contributed by atoms with van der Waals surface area (Å²) in [7, 11) is 6.70. The van der Waals surface area contributed by atoms with Gasteiger partial charge in [0.25, 0.3) is 5.69 Å². The van der Waals surface area contributed by atoms with Crippen LogP contribution in [0.3, 0.4) is 0 Å². The number of aromatic nitrogens is 3. The Morgan fingerprint density at radius 3 is 2.56 bits per heavy atom. The first-order valence-electron chi connectivity index (χ1n) is 11.6. The summed E-state index contributed by atoms with van der Waals surface area (Å²) in [4.78, 5) is 25.2. The highest BCUT2D eigenvalue weighted by Crippen LogP contribution is 2.41. The number of hydrogen-bond donors (Lipinski definition) is 2. The Labute approximate surface area is 220 Å².